The van der Waals surface area contributed by atoms with Crippen molar-refractivity contribution in [3.05, 3.63) is 71.8 Å². The van der Waals surface area contributed by atoms with Gasteiger partial charge in [-0.2, -0.15) is 0 Å². The lowest BCUT2D eigenvalue weighted by Crippen LogP contribution is -2.56. The number of ketones is 1. The van der Waals surface area contributed by atoms with E-state index in [2.05, 4.69) is 43.0 Å². The Bertz CT molecular complexity index is 983. The minimum atomic E-state index is -0.224. The highest BCUT2D eigenvalue weighted by molar-refractivity contribution is 5.96. The fraction of sp³-hybridized carbons (Fsp3) is 0.407. The first-order chi connectivity index (χ1) is 15.0. The van der Waals surface area contributed by atoms with Crippen molar-refractivity contribution in [2.45, 2.75) is 57.0 Å². The molecule has 3 aliphatic rings. The van der Waals surface area contributed by atoms with Gasteiger partial charge in [-0.25, -0.2) is 4.79 Å². The van der Waals surface area contributed by atoms with E-state index in [0.29, 0.717) is 12.2 Å². The van der Waals surface area contributed by atoms with Crippen LogP contribution < -0.4 is 0 Å². The van der Waals surface area contributed by atoms with Crippen LogP contribution in [0, 0.1) is 5.92 Å². The summed E-state index contributed by atoms with van der Waals surface area (Å²) in [5, 5.41) is 0. The maximum Gasteiger partial charge on any atom is 0.410 e. The van der Waals surface area contributed by atoms with Gasteiger partial charge in [0.2, 0.25) is 0 Å². The van der Waals surface area contributed by atoms with Gasteiger partial charge in [0, 0.05) is 23.9 Å². The molecular formula is C27H29NO3. The normalized spacial score (nSPS) is 24.3. The molecule has 0 N–H and O–H groups in total. The SMILES string of the molecule is C=C(C)C(=O)C1CC2CCCC(C1)N2C(=O)OCC1c2ccccc2-c2ccccc21. The number of fused-ring (bicyclic) bond motifs is 5. The second kappa shape index (κ2) is 7.99. The van der Waals surface area contributed by atoms with Gasteiger partial charge in [-0.1, -0.05) is 55.1 Å². The molecule has 160 valence electrons. The van der Waals surface area contributed by atoms with Crippen LogP contribution >= 0.6 is 0 Å². The number of rotatable bonds is 4. The predicted octanol–water partition coefficient (Wildman–Crippen LogP) is 5.71. The number of Topliss-reactive ketones (excluding diaryl/α,β-unsaturated/α-hetero) is 1. The third kappa shape index (κ3) is 3.48. The number of carbonyl (C=O) groups excluding carboxylic acids is 2. The molecule has 1 aliphatic carbocycles. The number of carbonyl (C=O) groups is 2. The topological polar surface area (TPSA) is 46.6 Å². The maximum atomic E-state index is 13.2. The van der Waals surface area contributed by atoms with Crippen LogP contribution in [0.15, 0.2) is 60.7 Å². The van der Waals surface area contributed by atoms with Gasteiger partial charge < -0.3 is 9.64 Å². The lowest BCUT2D eigenvalue weighted by Gasteiger charge is -2.47. The Morgan fingerprint density at radius 1 is 0.968 bits per heavy atom. The number of benzene rings is 2. The fourth-order valence-corrected chi connectivity index (χ4v) is 5.91. The fourth-order valence-electron chi connectivity index (χ4n) is 5.91. The van der Waals surface area contributed by atoms with Gasteiger partial charge in [0.15, 0.2) is 5.78 Å². The maximum absolute atomic E-state index is 13.2. The molecule has 0 radical (unpaired) electrons. The number of piperidine rings is 2. The Kier molecular flexibility index (Phi) is 5.17. The lowest BCUT2D eigenvalue weighted by atomic mass is 9.76. The molecule has 2 aromatic rings. The van der Waals surface area contributed by atoms with E-state index in [1.807, 2.05) is 17.0 Å². The van der Waals surface area contributed by atoms with Crippen LogP contribution in [0.5, 0.6) is 0 Å². The molecule has 4 heteroatoms. The monoisotopic (exact) mass is 415 g/mol. The zero-order valence-electron chi connectivity index (χ0n) is 18.0. The summed E-state index contributed by atoms with van der Waals surface area (Å²) < 4.78 is 5.94. The summed E-state index contributed by atoms with van der Waals surface area (Å²) >= 11 is 0. The number of nitrogens with zero attached hydrogens (tertiary/aromatic N) is 1. The number of hydrogen-bond acceptors (Lipinski definition) is 3. The molecule has 5 rings (SSSR count). The van der Waals surface area contributed by atoms with Crippen molar-refractivity contribution in [2.24, 2.45) is 5.92 Å². The van der Waals surface area contributed by atoms with Gasteiger partial charge in [0.25, 0.3) is 0 Å². The van der Waals surface area contributed by atoms with Gasteiger partial charge in [-0.05, 0) is 66.9 Å². The quantitative estimate of drug-likeness (QED) is 0.601. The second-order valence-corrected chi connectivity index (χ2v) is 9.26. The minimum Gasteiger partial charge on any atom is -0.448 e. The van der Waals surface area contributed by atoms with Crippen LogP contribution in [0.3, 0.4) is 0 Å². The highest BCUT2D eigenvalue weighted by Crippen LogP contribution is 2.45. The molecule has 2 fully saturated rings. The Labute approximate surface area is 183 Å². The van der Waals surface area contributed by atoms with Crippen LogP contribution in [0.25, 0.3) is 11.1 Å². The zero-order valence-corrected chi connectivity index (χ0v) is 18.0. The van der Waals surface area contributed by atoms with Crippen molar-refractivity contribution in [1.82, 2.24) is 4.90 Å². The Hall–Kier alpha value is -2.88. The Morgan fingerprint density at radius 2 is 1.52 bits per heavy atom. The molecule has 2 bridgehead atoms. The van der Waals surface area contributed by atoms with Gasteiger partial charge in [-0.15, -0.1) is 0 Å². The van der Waals surface area contributed by atoms with Crippen molar-refractivity contribution < 1.29 is 14.3 Å². The first kappa shape index (κ1) is 20.0. The summed E-state index contributed by atoms with van der Waals surface area (Å²) in [6, 6.07) is 17.0. The largest absolute Gasteiger partial charge is 0.448 e. The van der Waals surface area contributed by atoms with Crippen LogP contribution in [-0.4, -0.2) is 35.5 Å². The van der Waals surface area contributed by atoms with Gasteiger partial charge in [-0.3, -0.25) is 4.79 Å². The average Bonchev–Trinajstić information content (AvgIpc) is 3.09. The molecule has 0 saturated carbocycles. The lowest BCUT2D eigenvalue weighted by molar-refractivity contribution is -0.122. The van der Waals surface area contributed by atoms with Crippen molar-refractivity contribution in [3.63, 3.8) is 0 Å². The average molecular weight is 416 g/mol. The molecule has 0 spiro atoms. The van der Waals surface area contributed by atoms with E-state index in [9.17, 15) is 9.59 Å². The molecule has 2 atom stereocenters. The highest BCUT2D eigenvalue weighted by Gasteiger charge is 2.44. The third-order valence-corrected chi connectivity index (χ3v) is 7.31. The van der Waals surface area contributed by atoms with E-state index >= 15 is 0 Å². The standard InChI is InChI=1S/C27H29NO3/c1-17(2)26(29)18-14-19-8-7-9-20(15-18)28(19)27(30)31-16-25-23-12-5-3-10-21(23)22-11-4-6-13-24(22)25/h3-6,10-13,18-20,25H,1,7-9,14-16H2,2H3. The van der Waals surface area contributed by atoms with Crippen LogP contribution in [-0.2, 0) is 9.53 Å². The smallest absolute Gasteiger partial charge is 0.410 e. The Morgan fingerprint density at radius 3 is 2.06 bits per heavy atom. The highest BCUT2D eigenvalue weighted by atomic mass is 16.6. The molecule has 1 amide bonds. The van der Waals surface area contributed by atoms with E-state index in [0.717, 1.165) is 32.1 Å². The first-order valence-corrected chi connectivity index (χ1v) is 11.4. The molecule has 31 heavy (non-hydrogen) atoms. The van der Waals surface area contributed by atoms with E-state index in [-0.39, 0.29) is 35.8 Å². The molecular weight excluding hydrogens is 386 g/mol. The van der Waals surface area contributed by atoms with E-state index in [4.69, 9.17) is 4.74 Å². The van der Waals surface area contributed by atoms with Crippen molar-refractivity contribution in [2.75, 3.05) is 6.61 Å². The van der Waals surface area contributed by atoms with Crippen molar-refractivity contribution >= 4 is 11.9 Å². The van der Waals surface area contributed by atoms with Crippen LogP contribution in [0.2, 0.25) is 0 Å². The molecule has 2 aliphatic heterocycles. The first-order valence-electron chi connectivity index (χ1n) is 11.4. The van der Waals surface area contributed by atoms with E-state index in [1.54, 1.807) is 6.92 Å². The second-order valence-electron chi connectivity index (χ2n) is 9.26. The number of allylic oxidation sites excluding steroid dienone is 1. The summed E-state index contributed by atoms with van der Waals surface area (Å²) in [5.41, 5.74) is 5.54. The van der Waals surface area contributed by atoms with Gasteiger partial charge in [0.1, 0.15) is 6.61 Å². The van der Waals surface area contributed by atoms with Crippen LogP contribution in [0.1, 0.15) is 56.1 Å². The molecule has 2 saturated heterocycles. The number of amides is 1. The summed E-state index contributed by atoms with van der Waals surface area (Å²) in [4.78, 5) is 27.7. The zero-order chi connectivity index (χ0) is 21.5. The summed E-state index contributed by atoms with van der Waals surface area (Å²) in [5.74, 6) is 0.216. The summed E-state index contributed by atoms with van der Waals surface area (Å²) in [7, 11) is 0. The molecule has 2 aromatic carbocycles. The van der Waals surface area contributed by atoms with E-state index < -0.39 is 0 Å². The summed E-state index contributed by atoms with van der Waals surface area (Å²) in [6.45, 7) is 5.97. The minimum absolute atomic E-state index is 0.00886. The molecule has 2 unspecified atom stereocenters. The van der Waals surface area contributed by atoms with Crippen LogP contribution in [0.4, 0.5) is 4.79 Å². The molecule has 2 heterocycles. The number of hydrogen-bond donors (Lipinski definition) is 0. The predicted molar refractivity (Wildman–Crippen MR) is 121 cm³/mol. The van der Waals surface area contributed by atoms with Gasteiger partial charge >= 0.3 is 6.09 Å². The molecule has 0 aromatic heterocycles. The molecule has 4 nitrogen and oxygen atoms in total. The van der Waals surface area contributed by atoms with E-state index in [1.165, 1.54) is 22.3 Å². The van der Waals surface area contributed by atoms with Crippen molar-refractivity contribution in [3.8, 4) is 11.1 Å². The van der Waals surface area contributed by atoms with Gasteiger partial charge in [0.05, 0.1) is 0 Å². The Balaban J connectivity index is 1.31. The van der Waals surface area contributed by atoms with Crippen molar-refractivity contribution in [1.29, 1.82) is 0 Å². The third-order valence-electron chi connectivity index (χ3n) is 7.31. The summed E-state index contributed by atoms with van der Waals surface area (Å²) in [6.07, 6.45) is 4.23. The number of ether oxygens (including phenoxy) is 1.